The molecule has 1 atom stereocenters. The van der Waals surface area contributed by atoms with Gasteiger partial charge >= 0.3 is 0 Å². The van der Waals surface area contributed by atoms with Crippen LogP contribution in [0.3, 0.4) is 0 Å². The third-order valence-electron chi connectivity index (χ3n) is 4.71. The topological polar surface area (TPSA) is 107 Å². The second-order valence-electron chi connectivity index (χ2n) is 6.65. The second-order valence-corrected chi connectivity index (χ2v) is 9.56. The van der Waals surface area contributed by atoms with Gasteiger partial charge in [-0.05, 0) is 42.5 Å². The fraction of sp³-hybridized carbons (Fsp3) is 0.0455. The van der Waals surface area contributed by atoms with Crippen molar-refractivity contribution in [2.75, 3.05) is 6.26 Å². The molecule has 0 spiro atoms. The Morgan fingerprint density at radius 1 is 0.900 bits per heavy atom. The number of benzene rings is 3. The predicted molar refractivity (Wildman–Crippen MR) is 117 cm³/mol. The van der Waals surface area contributed by atoms with Gasteiger partial charge in [0.1, 0.15) is 11.3 Å². The molecule has 30 heavy (non-hydrogen) atoms. The monoisotopic (exact) mass is 439 g/mol. The lowest BCUT2D eigenvalue weighted by molar-refractivity contribution is 0.597. The average molecular weight is 440 g/mol. The zero-order valence-electron chi connectivity index (χ0n) is 15.9. The molecule has 0 amide bonds. The first-order valence-corrected chi connectivity index (χ1v) is 12.0. The quantitative estimate of drug-likeness (QED) is 0.524. The van der Waals surface area contributed by atoms with Crippen LogP contribution in [0.5, 0.6) is 0 Å². The summed E-state index contributed by atoms with van der Waals surface area (Å²) in [7, 11) is -5.20. The lowest BCUT2D eigenvalue weighted by Crippen LogP contribution is -2.12. The third kappa shape index (κ3) is 3.60. The highest BCUT2D eigenvalue weighted by Crippen LogP contribution is 2.35. The van der Waals surface area contributed by atoms with E-state index >= 15 is 0 Å². The number of hydrogen-bond donors (Lipinski definition) is 1. The van der Waals surface area contributed by atoms with E-state index in [1.54, 1.807) is 54.8 Å². The number of rotatable bonds is 4. The van der Waals surface area contributed by atoms with E-state index in [1.807, 2.05) is 0 Å². The molecule has 1 aromatic heterocycles. The SMILES string of the molecule is CS(=O)c1ccccc1-c1c(-c2ccc(S(N)(=O)=O)cc2)oc2ccccc2c1=O. The minimum atomic E-state index is -3.86. The molecule has 6 nitrogen and oxygen atoms in total. The summed E-state index contributed by atoms with van der Waals surface area (Å²) in [5.74, 6) is 0.262. The normalized spacial score (nSPS) is 12.7. The first-order chi connectivity index (χ1) is 14.3. The Balaban J connectivity index is 2.09. The van der Waals surface area contributed by atoms with Gasteiger partial charge in [0.05, 0.1) is 26.6 Å². The Kier molecular flexibility index (Phi) is 5.15. The molecule has 0 saturated carbocycles. The van der Waals surface area contributed by atoms with Crippen LogP contribution in [0, 0.1) is 0 Å². The molecule has 0 radical (unpaired) electrons. The van der Waals surface area contributed by atoms with Crippen LogP contribution in [-0.2, 0) is 20.8 Å². The number of para-hydroxylation sites is 1. The molecule has 0 fully saturated rings. The molecule has 0 aliphatic heterocycles. The van der Waals surface area contributed by atoms with Gasteiger partial charge in [0.2, 0.25) is 15.5 Å². The van der Waals surface area contributed by atoms with E-state index in [9.17, 15) is 17.4 Å². The highest BCUT2D eigenvalue weighted by atomic mass is 32.2. The van der Waals surface area contributed by atoms with Crippen molar-refractivity contribution in [1.29, 1.82) is 0 Å². The van der Waals surface area contributed by atoms with Crippen molar-refractivity contribution in [3.8, 4) is 22.5 Å². The first kappa shape index (κ1) is 20.2. The summed E-state index contributed by atoms with van der Waals surface area (Å²) in [6.45, 7) is 0. The van der Waals surface area contributed by atoms with Crippen LogP contribution in [-0.4, -0.2) is 18.9 Å². The molecule has 4 rings (SSSR count). The zero-order chi connectivity index (χ0) is 21.5. The Labute approximate surface area is 175 Å². The molecule has 0 saturated heterocycles. The maximum atomic E-state index is 13.4. The number of sulfonamides is 1. The fourth-order valence-corrected chi connectivity index (χ4v) is 4.58. The summed E-state index contributed by atoms with van der Waals surface area (Å²) in [6, 6.07) is 19.6. The third-order valence-corrected chi connectivity index (χ3v) is 6.61. The van der Waals surface area contributed by atoms with Gasteiger partial charge in [-0.25, -0.2) is 13.6 Å². The van der Waals surface area contributed by atoms with Crippen molar-refractivity contribution in [3.05, 3.63) is 83.0 Å². The number of nitrogens with two attached hydrogens (primary N) is 1. The standard InChI is InChI=1S/C22H17NO5S2/c1-29(25)19-9-5-3-7-17(19)20-21(24)16-6-2-4-8-18(16)28-22(20)14-10-12-15(13-11-14)30(23,26)27/h2-13H,1H3,(H2,23,26,27). The van der Waals surface area contributed by atoms with Gasteiger partial charge in [-0.15, -0.1) is 0 Å². The summed E-state index contributed by atoms with van der Waals surface area (Å²) in [5, 5.41) is 5.58. The molecule has 0 aliphatic rings. The van der Waals surface area contributed by atoms with Gasteiger partial charge in [0, 0.05) is 22.3 Å². The van der Waals surface area contributed by atoms with Gasteiger partial charge in [-0.2, -0.15) is 0 Å². The molecule has 0 bridgehead atoms. The van der Waals surface area contributed by atoms with Gasteiger partial charge in [-0.1, -0.05) is 30.3 Å². The molecular weight excluding hydrogens is 422 g/mol. The molecule has 152 valence electrons. The van der Waals surface area contributed by atoms with Gasteiger partial charge in [0.25, 0.3) is 0 Å². The number of hydrogen-bond acceptors (Lipinski definition) is 5. The molecule has 1 heterocycles. The zero-order valence-corrected chi connectivity index (χ0v) is 17.5. The smallest absolute Gasteiger partial charge is 0.238 e. The number of fused-ring (bicyclic) bond motifs is 1. The van der Waals surface area contributed by atoms with Crippen molar-refractivity contribution < 1.29 is 17.0 Å². The largest absolute Gasteiger partial charge is 0.455 e. The maximum absolute atomic E-state index is 13.4. The van der Waals surface area contributed by atoms with Crippen LogP contribution < -0.4 is 10.6 Å². The highest BCUT2D eigenvalue weighted by Gasteiger charge is 2.21. The van der Waals surface area contributed by atoms with Gasteiger partial charge in [-0.3, -0.25) is 9.00 Å². The van der Waals surface area contributed by atoms with E-state index in [2.05, 4.69) is 0 Å². The second kappa shape index (κ2) is 7.64. The van der Waals surface area contributed by atoms with E-state index in [0.717, 1.165) is 0 Å². The summed E-state index contributed by atoms with van der Waals surface area (Å²) >= 11 is 0. The van der Waals surface area contributed by atoms with Gasteiger partial charge in [0.15, 0.2) is 0 Å². The summed E-state index contributed by atoms with van der Waals surface area (Å²) in [4.78, 5) is 13.9. The molecule has 4 aromatic rings. The Hall–Kier alpha value is -3.07. The van der Waals surface area contributed by atoms with Crippen molar-refractivity contribution in [2.24, 2.45) is 5.14 Å². The van der Waals surface area contributed by atoms with Crippen LogP contribution in [0.25, 0.3) is 33.4 Å². The Morgan fingerprint density at radius 3 is 2.20 bits per heavy atom. The van der Waals surface area contributed by atoms with E-state index in [-0.39, 0.29) is 21.6 Å². The van der Waals surface area contributed by atoms with Crippen molar-refractivity contribution >= 4 is 31.8 Å². The molecule has 2 N–H and O–H groups in total. The average Bonchev–Trinajstić information content (AvgIpc) is 2.73. The summed E-state index contributed by atoms with van der Waals surface area (Å²) < 4.78 is 41.6. The lowest BCUT2D eigenvalue weighted by Gasteiger charge is -2.13. The van der Waals surface area contributed by atoms with Crippen LogP contribution >= 0.6 is 0 Å². The highest BCUT2D eigenvalue weighted by molar-refractivity contribution is 7.89. The first-order valence-electron chi connectivity index (χ1n) is 8.89. The molecule has 1 unspecified atom stereocenters. The van der Waals surface area contributed by atoms with E-state index in [4.69, 9.17) is 9.56 Å². The van der Waals surface area contributed by atoms with Gasteiger partial charge < -0.3 is 4.42 Å². The van der Waals surface area contributed by atoms with Crippen LogP contribution in [0.4, 0.5) is 0 Å². The summed E-state index contributed by atoms with van der Waals surface area (Å²) in [6.07, 6.45) is 1.54. The molecular formula is C22H17NO5S2. The lowest BCUT2D eigenvalue weighted by atomic mass is 9.98. The Morgan fingerprint density at radius 2 is 1.53 bits per heavy atom. The fourth-order valence-electron chi connectivity index (χ4n) is 3.31. The van der Waals surface area contributed by atoms with Crippen molar-refractivity contribution in [2.45, 2.75) is 9.79 Å². The van der Waals surface area contributed by atoms with Crippen LogP contribution in [0.1, 0.15) is 0 Å². The minimum absolute atomic E-state index is 0.0500. The predicted octanol–water partition coefficient (Wildman–Crippen LogP) is 3.51. The maximum Gasteiger partial charge on any atom is 0.238 e. The van der Waals surface area contributed by atoms with E-state index < -0.39 is 20.8 Å². The summed E-state index contributed by atoms with van der Waals surface area (Å²) in [5.41, 5.74) is 1.40. The minimum Gasteiger partial charge on any atom is -0.455 e. The van der Waals surface area contributed by atoms with Crippen molar-refractivity contribution in [3.63, 3.8) is 0 Å². The van der Waals surface area contributed by atoms with Crippen LogP contribution in [0.2, 0.25) is 0 Å². The van der Waals surface area contributed by atoms with E-state index in [1.165, 1.54) is 24.3 Å². The molecule has 0 aliphatic carbocycles. The van der Waals surface area contributed by atoms with Crippen LogP contribution in [0.15, 0.2) is 91.8 Å². The van der Waals surface area contributed by atoms with E-state index in [0.29, 0.717) is 27.0 Å². The molecule has 8 heteroatoms. The number of primary sulfonamides is 1. The Bertz CT molecular complexity index is 1460. The molecule has 3 aromatic carbocycles. The van der Waals surface area contributed by atoms with Crippen molar-refractivity contribution in [1.82, 2.24) is 0 Å².